The van der Waals surface area contributed by atoms with E-state index in [1.54, 1.807) is 30.3 Å². The van der Waals surface area contributed by atoms with Gasteiger partial charge in [0.25, 0.3) is 0 Å². The van der Waals surface area contributed by atoms with Crippen LogP contribution in [0.1, 0.15) is 0 Å². The van der Waals surface area contributed by atoms with Gasteiger partial charge in [-0.05, 0) is 24.3 Å². The lowest BCUT2D eigenvalue weighted by Gasteiger charge is -2.11. The first-order valence-corrected chi connectivity index (χ1v) is 6.63. The van der Waals surface area contributed by atoms with Crippen LogP contribution in [0.25, 0.3) is 22.3 Å². The van der Waals surface area contributed by atoms with E-state index < -0.39 is 0 Å². The molecule has 2 aromatic carbocycles. The van der Waals surface area contributed by atoms with Crippen molar-refractivity contribution in [2.45, 2.75) is 0 Å². The maximum Gasteiger partial charge on any atom is 0.204 e. The zero-order valence-corrected chi connectivity index (χ0v) is 12.1. The van der Waals surface area contributed by atoms with E-state index in [0.717, 1.165) is 0 Å². The van der Waals surface area contributed by atoms with Crippen molar-refractivity contribution in [2.75, 3.05) is 14.2 Å². The van der Waals surface area contributed by atoms with Crippen LogP contribution in [0, 0.1) is 0 Å². The molecular weight excluding hydrogens is 284 g/mol. The number of benzene rings is 2. The summed E-state index contributed by atoms with van der Waals surface area (Å²) in [6, 6.07) is 11.3. The van der Waals surface area contributed by atoms with Crippen molar-refractivity contribution in [2.24, 2.45) is 0 Å². The molecule has 0 spiro atoms. The molecule has 0 amide bonds. The first-order chi connectivity index (χ1) is 10.7. The fraction of sp³-hybridized carbons (Fsp3) is 0.118. The largest absolute Gasteiger partial charge is 0.507 e. The van der Waals surface area contributed by atoms with Gasteiger partial charge in [0.1, 0.15) is 11.5 Å². The van der Waals surface area contributed by atoms with Crippen molar-refractivity contribution in [1.82, 2.24) is 0 Å². The Bertz CT molecular complexity index is 895. The van der Waals surface area contributed by atoms with E-state index >= 15 is 0 Å². The molecule has 3 aromatic rings. The van der Waals surface area contributed by atoms with Crippen molar-refractivity contribution in [3.8, 4) is 28.6 Å². The zero-order chi connectivity index (χ0) is 15.7. The molecule has 1 N–H and O–H groups in total. The van der Waals surface area contributed by atoms with E-state index in [1.807, 2.05) is 0 Å². The maximum absolute atomic E-state index is 12.3. The molecule has 22 heavy (non-hydrogen) atoms. The van der Waals surface area contributed by atoms with Crippen molar-refractivity contribution in [3.05, 3.63) is 52.7 Å². The van der Waals surface area contributed by atoms with E-state index in [1.165, 1.54) is 26.4 Å². The van der Waals surface area contributed by atoms with Gasteiger partial charge in [-0.15, -0.1) is 0 Å². The normalized spacial score (nSPS) is 10.6. The highest BCUT2D eigenvalue weighted by atomic mass is 16.5. The third-order valence-electron chi connectivity index (χ3n) is 3.41. The van der Waals surface area contributed by atoms with Gasteiger partial charge >= 0.3 is 0 Å². The summed E-state index contributed by atoms with van der Waals surface area (Å²) in [5.74, 6) is 1.11. The molecule has 0 unspecified atom stereocenters. The SMILES string of the molecule is COc1ccc2c(=O)cc(-c3ccccc3O)oc2c1OC. The Labute approximate surface area is 126 Å². The molecule has 0 saturated carbocycles. The summed E-state index contributed by atoms with van der Waals surface area (Å²) in [4.78, 5) is 12.3. The van der Waals surface area contributed by atoms with Crippen LogP contribution in [0.2, 0.25) is 0 Å². The second-order valence-corrected chi connectivity index (χ2v) is 4.67. The third-order valence-corrected chi connectivity index (χ3v) is 3.41. The topological polar surface area (TPSA) is 68.9 Å². The quantitative estimate of drug-likeness (QED) is 0.804. The van der Waals surface area contributed by atoms with Crippen LogP contribution >= 0.6 is 0 Å². The van der Waals surface area contributed by atoms with Gasteiger partial charge in [-0.2, -0.15) is 0 Å². The predicted molar refractivity (Wildman–Crippen MR) is 82.7 cm³/mol. The van der Waals surface area contributed by atoms with Gasteiger partial charge in [-0.25, -0.2) is 0 Å². The van der Waals surface area contributed by atoms with Crippen molar-refractivity contribution in [1.29, 1.82) is 0 Å². The molecule has 5 heteroatoms. The Kier molecular flexibility index (Phi) is 3.47. The molecule has 0 atom stereocenters. The Morgan fingerprint density at radius 2 is 1.82 bits per heavy atom. The van der Waals surface area contributed by atoms with E-state index in [9.17, 15) is 9.90 Å². The summed E-state index contributed by atoms with van der Waals surface area (Å²) in [5, 5.41) is 10.3. The summed E-state index contributed by atoms with van der Waals surface area (Å²) in [5.41, 5.74) is 0.499. The number of phenols is 1. The van der Waals surface area contributed by atoms with Crippen molar-refractivity contribution < 1.29 is 19.0 Å². The molecule has 3 rings (SSSR count). The standard InChI is InChI=1S/C17H14O5/c1-20-14-8-7-11-13(19)9-15(22-16(11)17(14)21-2)10-5-3-4-6-12(10)18/h3-9,18H,1-2H3. The minimum atomic E-state index is -0.222. The molecule has 1 aromatic heterocycles. The van der Waals surface area contributed by atoms with Gasteiger partial charge < -0.3 is 19.0 Å². The van der Waals surface area contributed by atoms with Gasteiger partial charge in [-0.1, -0.05) is 12.1 Å². The maximum atomic E-state index is 12.3. The van der Waals surface area contributed by atoms with Crippen LogP contribution < -0.4 is 14.9 Å². The summed E-state index contributed by atoms with van der Waals surface area (Å²) in [6.07, 6.45) is 0. The highest BCUT2D eigenvalue weighted by Gasteiger charge is 2.16. The van der Waals surface area contributed by atoms with Crippen LogP contribution in [-0.4, -0.2) is 19.3 Å². The summed E-state index contributed by atoms with van der Waals surface area (Å²) in [6.45, 7) is 0. The van der Waals surface area contributed by atoms with E-state index in [-0.39, 0.29) is 22.5 Å². The molecule has 0 aliphatic carbocycles. The van der Waals surface area contributed by atoms with Crippen molar-refractivity contribution in [3.63, 3.8) is 0 Å². The summed E-state index contributed by atoms with van der Waals surface area (Å²) < 4.78 is 16.3. The highest BCUT2D eigenvalue weighted by molar-refractivity contribution is 5.87. The Morgan fingerprint density at radius 1 is 1.05 bits per heavy atom. The third kappa shape index (κ3) is 2.16. The lowest BCUT2D eigenvalue weighted by Crippen LogP contribution is -2.02. The molecule has 0 aliphatic heterocycles. The first kappa shape index (κ1) is 14.0. The predicted octanol–water partition coefficient (Wildman–Crippen LogP) is 3.18. The van der Waals surface area contributed by atoms with Crippen molar-refractivity contribution >= 4 is 11.0 Å². The van der Waals surface area contributed by atoms with Crippen LogP contribution in [-0.2, 0) is 0 Å². The number of ether oxygens (including phenoxy) is 2. The number of phenolic OH excluding ortho intramolecular Hbond substituents is 1. The van der Waals surface area contributed by atoms with Crippen LogP contribution in [0.3, 0.4) is 0 Å². The first-order valence-electron chi connectivity index (χ1n) is 6.63. The molecule has 0 fully saturated rings. The molecule has 0 radical (unpaired) electrons. The number of methoxy groups -OCH3 is 2. The minimum Gasteiger partial charge on any atom is -0.507 e. The van der Waals surface area contributed by atoms with Crippen LogP contribution in [0.15, 0.2) is 51.7 Å². The zero-order valence-electron chi connectivity index (χ0n) is 12.1. The summed E-state index contributed by atoms with van der Waals surface area (Å²) in [7, 11) is 2.98. The average Bonchev–Trinajstić information content (AvgIpc) is 2.54. The van der Waals surface area contributed by atoms with Gasteiger partial charge in [0.05, 0.1) is 25.2 Å². The van der Waals surface area contributed by atoms with Gasteiger partial charge in [0.2, 0.25) is 5.75 Å². The van der Waals surface area contributed by atoms with Crippen LogP contribution in [0.5, 0.6) is 17.2 Å². The second kappa shape index (κ2) is 5.44. The number of para-hydroxylation sites is 1. The van der Waals surface area contributed by atoms with Gasteiger partial charge in [-0.3, -0.25) is 4.79 Å². The number of hydrogen-bond acceptors (Lipinski definition) is 5. The molecule has 112 valence electrons. The number of rotatable bonds is 3. The summed E-state index contributed by atoms with van der Waals surface area (Å²) >= 11 is 0. The smallest absolute Gasteiger partial charge is 0.204 e. The lowest BCUT2D eigenvalue weighted by molar-refractivity contribution is 0.353. The molecule has 0 saturated heterocycles. The van der Waals surface area contributed by atoms with Gasteiger partial charge in [0.15, 0.2) is 16.8 Å². The second-order valence-electron chi connectivity index (χ2n) is 4.67. The average molecular weight is 298 g/mol. The lowest BCUT2D eigenvalue weighted by atomic mass is 10.1. The highest BCUT2D eigenvalue weighted by Crippen LogP contribution is 2.37. The van der Waals surface area contributed by atoms with E-state index in [4.69, 9.17) is 13.9 Å². The van der Waals surface area contributed by atoms with Crippen LogP contribution in [0.4, 0.5) is 0 Å². The molecule has 0 bridgehead atoms. The minimum absolute atomic E-state index is 0.0341. The molecule has 5 nitrogen and oxygen atoms in total. The molecular formula is C17H14O5. The Hall–Kier alpha value is -2.95. The molecule has 0 aliphatic rings. The number of hydrogen-bond donors (Lipinski definition) is 1. The fourth-order valence-electron chi connectivity index (χ4n) is 2.34. The van der Waals surface area contributed by atoms with Gasteiger partial charge in [0, 0.05) is 6.07 Å². The Morgan fingerprint density at radius 3 is 2.50 bits per heavy atom. The fourth-order valence-corrected chi connectivity index (χ4v) is 2.34. The van der Waals surface area contributed by atoms with E-state index in [0.29, 0.717) is 22.4 Å². The molecule has 1 heterocycles. The monoisotopic (exact) mass is 298 g/mol. The van der Waals surface area contributed by atoms with E-state index in [2.05, 4.69) is 0 Å². The number of fused-ring (bicyclic) bond motifs is 1. The Balaban J connectivity index is 2.36. The number of aromatic hydroxyl groups is 1.